The van der Waals surface area contributed by atoms with Gasteiger partial charge >= 0.3 is 5.97 Å². The molecule has 0 amide bonds. The van der Waals surface area contributed by atoms with Crippen LogP contribution in [0.4, 0.5) is 5.69 Å². The van der Waals surface area contributed by atoms with Gasteiger partial charge in [-0.05, 0) is 36.1 Å². The second-order valence-corrected chi connectivity index (χ2v) is 8.15. The second-order valence-electron chi connectivity index (χ2n) is 6.44. The van der Waals surface area contributed by atoms with Gasteiger partial charge in [0.15, 0.2) is 0 Å². The molecule has 2 aromatic carbocycles. The Balaban J connectivity index is 2.26. The van der Waals surface area contributed by atoms with Crippen LogP contribution in [0, 0.1) is 5.92 Å². The number of methoxy groups -OCH3 is 1. The molecule has 0 fully saturated rings. The van der Waals surface area contributed by atoms with Crippen LogP contribution in [0.3, 0.4) is 0 Å². The molecule has 0 saturated heterocycles. The fourth-order valence-corrected chi connectivity index (χ4v) is 3.83. The Bertz CT molecular complexity index is 861. The molecule has 2 rings (SSSR count). The molecule has 26 heavy (non-hydrogen) atoms. The van der Waals surface area contributed by atoms with Crippen molar-refractivity contribution in [1.29, 1.82) is 0 Å². The van der Waals surface area contributed by atoms with Crippen LogP contribution in [0.5, 0.6) is 0 Å². The minimum Gasteiger partial charge on any atom is -0.468 e. The van der Waals surface area contributed by atoms with Crippen molar-refractivity contribution in [3.63, 3.8) is 0 Å². The predicted octanol–water partition coefficient (Wildman–Crippen LogP) is 2.80. The summed E-state index contributed by atoms with van der Waals surface area (Å²) < 4.78 is 32.4. The molecule has 0 aliphatic rings. The van der Waals surface area contributed by atoms with Crippen molar-refractivity contribution in [3.8, 4) is 11.1 Å². The number of nitrogens with two attached hydrogens (primary N) is 1. The van der Waals surface area contributed by atoms with Gasteiger partial charge in [-0.1, -0.05) is 44.2 Å². The van der Waals surface area contributed by atoms with Gasteiger partial charge in [0, 0.05) is 11.3 Å². The van der Waals surface area contributed by atoms with E-state index in [0.717, 1.165) is 11.1 Å². The number of esters is 1. The third kappa shape index (κ3) is 4.83. The summed E-state index contributed by atoms with van der Waals surface area (Å²) in [5.74, 6) is -0.471. The molecule has 2 aromatic rings. The Morgan fingerprint density at radius 1 is 1.12 bits per heavy atom. The van der Waals surface area contributed by atoms with Gasteiger partial charge in [0.05, 0.1) is 12.0 Å². The molecule has 0 bridgehead atoms. The minimum absolute atomic E-state index is 0.0772. The topological polar surface area (TPSA) is 98.5 Å². The first-order chi connectivity index (χ1) is 12.2. The quantitative estimate of drug-likeness (QED) is 0.572. The zero-order valence-electron chi connectivity index (χ0n) is 15.1. The van der Waals surface area contributed by atoms with E-state index in [1.165, 1.54) is 19.2 Å². The van der Waals surface area contributed by atoms with E-state index in [9.17, 15) is 13.2 Å². The van der Waals surface area contributed by atoms with Gasteiger partial charge in [-0.25, -0.2) is 8.42 Å². The number of ether oxygens (including phenoxy) is 1. The first-order valence-corrected chi connectivity index (χ1v) is 9.78. The molecule has 140 valence electrons. The maximum Gasteiger partial charge on any atom is 0.323 e. The molecule has 0 aliphatic carbocycles. The fraction of sp³-hybridized carbons (Fsp3) is 0.316. The summed E-state index contributed by atoms with van der Waals surface area (Å²) in [5.41, 5.74) is 8.21. The van der Waals surface area contributed by atoms with Crippen molar-refractivity contribution in [2.24, 2.45) is 5.92 Å². The number of para-hydroxylation sites is 1. The van der Waals surface area contributed by atoms with Gasteiger partial charge in [0.1, 0.15) is 6.04 Å². The molecule has 6 nitrogen and oxygen atoms in total. The number of hydrogen-bond acceptors (Lipinski definition) is 5. The number of anilines is 1. The molecule has 0 saturated carbocycles. The molecule has 0 heterocycles. The molecule has 0 spiro atoms. The van der Waals surface area contributed by atoms with Gasteiger partial charge in [-0.2, -0.15) is 4.72 Å². The van der Waals surface area contributed by atoms with E-state index in [2.05, 4.69) is 4.72 Å². The molecule has 0 aliphatic heterocycles. The third-order valence-electron chi connectivity index (χ3n) is 3.93. The van der Waals surface area contributed by atoms with Gasteiger partial charge in [0.25, 0.3) is 0 Å². The van der Waals surface area contributed by atoms with Crippen molar-refractivity contribution < 1.29 is 17.9 Å². The van der Waals surface area contributed by atoms with Crippen LogP contribution < -0.4 is 10.5 Å². The lowest BCUT2D eigenvalue weighted by Crippen LogP contribution is -2.42. The van der Waals surface area contributed by atoms with Crippen LogP contribution in [0.15, 0.2) is 53.4 Å². The smallest absolute Gasteiger partial charge is 0.323 e. The van der Waals surface area contributed by atoms with Crippen molar-refractivity contribution in [1.82, 2.24) is 4.72 Å². The average molecular weight is 376 g/mol. The normalized spacial score (nSPS) is 12.8. The molecule has 0 radical (unpaired) electrons. The zero-order chi connectivity index (χ0) is 19.3. The summed E-state index contributed by atoms with van der Waals surface area (Å²) in [7, 11) is -2.61. The average Bonchev–Trinajstić information content (AvgIpc) is 2.60. The van der Waals surface area contributed by atoms with Crippen LogP contribution in [0.2, 0.25) is 0 Å². The Kier molecular flexibility index (Phi) is 6.39. The number of carbonyl (C=O) groups is 1. The van der Waals surface area contributed by atoms with E-state index >= 15 is 0 Å². The summed E-state index contributed by atoms with van der Waals surface area (Å²) >= 11 is 0. The van der Waals surface area contributed by atoms with Crippen molar-refractivity contribution in [3.05, 3.63) is 48.5 Å². The summed E-state index contributed by atoms with van der Waals surface area (Å²) in [6.45, 7) is 3.81. The first-order valence-electron chi connectivity index (χ1n) is 8.29. The number of nitrogens with one attached hydrogen (secondary N) is 1. The summed E-state index contributed by atoms with van der Waals surface area (Å²) in [6, 6.07) is 12.8. The Morgan fingerprint density at radius 3 is 2.27 bits per heavy atom. The van der Waals surface area contributed by atoms with E-state index in [-0.39, 0.29) is 10.8 Å². The van der Waals surface area contributed by atoms with E-state index < -0.39 is 22.0 Å². The van der Waals surface area contributed by atoms with Crippen molar-refractivity contribution >= 4 is 21.7 Å². The van der Waals surface area contributed by atoms with E-state index in [1.54, 1.807) is 18.2 Å². The molecular weight excluding hydrogens is 352 g/mol. The Labute approximate surface area is 154 Å². The van der Waals surface area contributed by atoms with E-state index in [4.69, 9.17) is 10.5 Å². The molecule has 7 heteroatoms. The number of carbonyl (C=O) groups excluding carboxylic acids is 1. The predicted molar refractivity (Wildman–Crippen MR) is 102 cm³/mol. The highest BCUT2D eigenvalue weighted by Crippen LogP contribution is 2.26. The summed E-state index contributed by atoms with van der Waals surface area (Å²) in [5, 5.41) is 0. The highest BCUT2D eigenvalue weighted by atomic mass is 32.2. The van der Waals surface area contributed by atoms with Crippen LogP contribution in [0.25, 0.3) is 11.1 Å². The molecular formula is C19H24N2O4S. The van der Waals surface area contributed by atoms with Crippen LogP contribution in [0.1, 0.15) is 20.3 Å². The molecule has 1 unspecified atom stereocenters. The summed E-state index contributed by atoms with van der Waals surface area (Å²) in [4.78, 5) is 11.9. The number of benzene rings is 2. The SMILES string of the molecule is COC(=O)C(CC(C)C)NS(=O)(=O)c1ccc(-c2ccccc2N)cc1. The third-order valence-corrected chi connectivity index (χ3v) is 5.41. The molecule has 1 atom stereocenters. The van der Waals surface area contributed by atoms with Gasteiger partial charge in [0.2, 0.25) is 10.0 Å². The van der Waals surface area contributed by atoms with Gasteiger partial charge in [-0.3, -0.25) is 4.79 Å². The minimum atomic E-state index is -3.85. The lowest BCUT2D eigenvalue weighted by atomic mass is 10.0. The standard InChI is InChI=1S/C19H24N2O4S/c1-13(2)12-18(19(22)25-3)21-26(23,24)15-10-8-14(9-11-15)16-6-4-5-7-17(16)20/h4-11,13,18,21H,12,20H2,1-3H3. The van der Waals surface area contributed by atoms with Crippen molar-refractivity contribution in [2.45, 2.75) is 31.2 Å². The monoisotopic (exact) mass is 376 g/mol. The molecule has 0 aromatic heterocycles. The Morgan fingerprint density at radius 2 is 1.73 bits per heavy atom. The van der Waals surface area contributed by atoms with Crippen LogP contribution in [-0.2, 0) is 19.6 Å². The maximum atomic E-state index is 12.6. The van der Waals surface area contributed by atoms with Crippen molar-refractivity contribution in [2.75, 3.05) is 12.8 Å². The lowest BCUT2D eigenvalue weighted by Gasteiger charge is -2.18. The van der Waals surface area contributed by atoms with E-state index in [1.807, 2.05) is 32.0 Å². The molecule has 3 N–H and O–H groups in total. The Hall–Kier alpha value is -2.38. The summed E-state index contributed by atoms with van der Waals surface area (Å²) in [6.07, 6.45) is 0.352. The van der Waals surface area contributed by atoms with Crippen LogP contribution in [-0.4, -0.2) is 27.5 Å². The largest absolute Gasteiger partial charge is 0.468 e. The highest BCUT2D eigenvalue weighted by Gasteiger charge is 2.27. The fourth-order valence-electron chi connectivity index (χ4n) is 2.63. The zero-order valence-corrected chi connectivity index (χ0v) is 15.9. The number of rotatable bonds is 7. The number of hydrogen-bond donors (Lipinski definition) is 2. The number of nitrogen functional groups attached to an aromatic ring is 1. The lowest BCUT2D eigenvalue weighted by molar-refractivity contribution is -0.143. The second kappa shape index (κ2) is 8.33. The van der Waals surface area contributed by atoms with Gasteiger partial charge < -0.3 is 10.5 Å². The highest BCUT2D eigenvalue weighted by molar-refractivity contribution is 7.89. The van der Waals surface area contributed by atoms with Crippen LogP contribution >= 0.6 is 0 Å². The van der Waals surface area contributed by atoms with E-state index in [0.29, 0.717) is 12.1 Å². The number of sulfonamides is 1. The first kappa shape index (κ1) is 19.9. The van der Waals surface area contributed by atoms with Gasteiger partial charge in [-0.15, -0.1) is 0 Å². The maximum absolute atomic E-state index is 12.6.